The predicted octanol–water partition coefficient (Wildman–Crippen LogP) is 4.24. The normalized spacial score (nSPS) is 10.8. The summed E-state index contributed by atoms with van der Waals surface area (Å²) in [5.74, 6) is -0.0861. The first-order valence-electron chi connectivity index (χ1n) is 6.80. The molecule has 0 bridgehead atoms. The number of fused-ring (bicyclic) bond motifs is 1. The van der Waals surface area contributed by atoms with E-state index in [9.17, 15) is 9.59 Å². The summed E-state index contributed by atoms with van der Waals surface area (Å²) in [6.07, 6.45) is 0. The van der Waals surface area contributed by atoms with Gasteiger partial charge in [0.2, 0.25) is 0 Å². The van der Waals surface area contributed by atoms with Crippen molar-refractivity contribution in [1.82, 2.24) is 4.98 Å². The molecule has 1 heterocycles. The van der Waals surface area contributed by atoms with Gasteiger partial charge in [0, 0.05) is 27.7 Å². The van der Waals surface area contributed by atoms with Gasteiger partial charge >= 0.3 is 0 Å². The molecule has 0 amide bonds. The average Bonchev–Trinajstić information content (AvgIpc) is 2.90. The highest BCUT2D eigenvalue weighted by molar-refractivity contribution is 6.10. The van der Waals surface area contributed by atoms with Gasteiger partial charge in [-0.25, -0.2) is 0 Å². The van der Waals surface area contributed by atoms with E-state index in [4.69, 9.17) is 0 Å². The van der Waals surface area contributed by atoms with Crippen LogP contribution in [0.4, 0.5) is 0 Å². The van der Waals surface area contributed by atoms with E-state index >= 15 is 0 Å². The van der Waals surface area contributed by atoms with Crippen LogP contribution in [-0.4, -0.2) is 16.6 Å². The third-order valence-corrected chi connectivity index (χ3v) is 3.61. The maximum atomic E-state index is 11.9. The standard InChI is InChI=1S/C18H15NO2/c1-11(20)14-8-15(12(2)21)16-10-17(19-18(16)9-14)13-6-4-3-5-7-13/h3-10,19H,1-2H3. The van der Waals surface area contributed by atoms with E-state index in [1.54, 1.807) is 12.1 Å². The van der Waals surface area contributed by atoms with E-state index in [1.807, 2.05) is 36.4 Å². The van der Waals surface area contributed by atoms with Crippen molar-refractivity contribution in [3.8, 4) is 11.3 Å². The molecule has 0 aliphatic rings. The zero-order valence-corrected chi connectivity index (χ0v) is 11.9. The van der Waals surface area contributed by atoms with Crippen LogP contribution in [0.15, 0.2) is 48.5 Å². The second-order valence-corrected chi connectivity index (χ2v) is 5.15. The Morgan fingerprint density at radius 1 is 0.905 bits per heavy atom. The van der Waals surface area contributed by atoms with Crippen molar-refractivity contribution in [2.75, 3.05) is 0 Å². The molecule has 0 unspecified atom stereocenters. The van der Waals surface area contributed by atoms with E-state index in [-0.39, 0.29) is 11.6 Å². The number of hydrogen-bond donors (Lipinski definition) is 1. The quantitative estimate of drug-likeness (QED) is 0.728. The largest absolute Gasteiger partial charge is 0.354 e. The average molecular weight is 277 g/mol. The number of carbonyl (C=O) groups excluding carboxylic acids is 2. The number of nitrogens with one attached hydrogen (secondary N) is 1. The van der Waals surface area contributed by atoms with Crippen LogP contribution in [0.1, 0.15) is 34.6 Å². The van der Waals surface area contributed by atoms with Crippen molar-refractivity contribution in [3.63, 3.8) is 0 Å². The van der Waals surface area contributed by atoms with E-state index in [0.717, 1.165) is 22.2 Å². The van der Waals surface area contributed by atoms with Crippen molar-refractivity contribution >= 4 is 22.5 Å². The molecule has 1 N–H and O–H groups in total. The molecule has 0 spiro atoms. The van der Waals surface area contributed by atoms with E-state index < -0.39 is 0 Å². The molecular weight excluding hydrogens is 262 g/mol. The number of carbonyl (C=O) groups is 2. The lowest BCUT2D eigenvalue weighted by atomic mass is 10.0. The SMILES string of the molecule is CC(=O)c1cc(C(C)=O)c2cc(-c3ccccc3)[nH]c2c1. The predicted molar refractivity (Wildman–Crippen MR) is 83.7 cm³/mol. The van der Waals surface area contributed by atoms with Crippen LogP contribution in [0.2, 0.25) is 0 Å². The van der Waals surface area contributed by atoms with Crippen LogP contribution >= 0.6 is 0 Å². The summed E-state index contributed by atoms with van der Waals surface area (Å²) in [7, 11) is 0. The molecule has 104 valence electrons. The Kier molecular flexibility index (Phi) is 3.18. The molecule has 0 saturated carbocycles. The highest BCUT2D eigenvalue weighted by atomic mass is 16.1. The number of Topliss-reactive ketones (excluding diaryl/α,β-unsaturated/α-hetero) is 2. The lowest BCUT2D eigenvalue weighted by Crippen LogP contribution is -1.98. The van der Waals surface area contributed by atoms with Gasteiger partial charge in [0.05, 0.1) is 0 Å². The monoisotopic (exact) mass is 277 g/mol. The van der Waals surface area contributed by atoms with Crippen LogP contribution in [-0.2, 0) is 0 Å². The van der Waals surface area contributed by atoms with Gasteiger partial charge in [0.25, 0.3) is 0 Å². The molecule has 1 aromatic heterocycles. The van der Waals surface area contributed by atoms with Gasteiger partial charge in [-0.2, -0.15) is 0 Å². The summed E-state index contributed by atoms with van der Waals surface area (Å²) in [5, 5.41) is 0.853. The fraction of sp³-hybridized carbons (Fsp3) is 0.111. The Labute approximate surface area is 122 Å². The molecule has 0 aliphatic heterocycles. The molecule has 0 atom stereocenters. The molecule has 3 heteroatoms. The van der Waals surface area contributed by atoms with Gasteiger partial charge in [-0.15, -0.1) is 0 Å². The molecule has 0 saturated heterocycles. The lowest BCUT2D eigenvalue weighted by molar-refractivity contribution is 0.101. The Morgan fingerprint density at radius 3 is 2.24 bits per heavy atom. The van der Waals surface area contributed by atoms with Gasteiger partial charge in [0.1, 0.15) is 0 Å². The fourth-order valence-electron chi connectivity index (χ4n) is 2.51. The van der Waals surface area contributed by atoms with Crippen LogP contribution in [0.3, 0.4) is 0 Å². The zero-order valence-electron chi connectivity index (χ0n) is 11.9. The fourth-order valence-corrected chi connectivity index (χ4v) is 2.51. The van der Waals surface area contributed by atoms with E-state index in [2.05, 4.69) is 4.98 Å². The number of rotatable bonds is 3. The van der Waals surface area contributed by atoms with Crippen molar-refractivity contribution in [2.45, 2.75) is 13.8 Å². The van der Waals surface area contributed by atoms with Crippen molar-refractivity contribution in [2.24, 2.45) is 0 Å². The van der Waals surface area contributed by atoms with Crippen molar-refractivity contribution in [3.05, 3.63) is 59.7 Å². The number of H-pyrrole nitrogens is 1. The molecule has 3 aromatic rings. The summed E-state index contributed by atoms with van der Waals surface area (Å²) in [4.78, 5) is 26.8. The molecule has 0 aliphatic carbocycles. The first-order valence-corrected chi connectivity index (χ1v) is 6.80. The molecule has 3 nitrogen and oxygen atoms in total. The maximum absolute atomic E-state index is 11.9. The molecule has 21 heavy (non-hydrogen) atoms. The van der Waals surface area contributed by atoms with Gasteiger partial charge in [-0.3, -0.25) is 9.59 Å². The maximum Gasteiger partial charge on any atom is 0.160 e. The molecule has 2 aromatic carbocycles. The smallest absolute Gasteiger partial charge is 0.160 e. The second-order valence-electron chi connectivity index (χ2n) is 5.15. The third kappa shape index (κ3) is 2.38. The highest BCUT2D eigenvalue weighted by Crippen LogP contribution is 2.28. The zero-order chi connectivity index (χ0) is 15.0. The second kappa shape index (κ2) is 5.02. The summed E-state index contributed by atoms with van der Waals surface area (Å²) < 4.78 is 0. The van der Waals surface area contributed by atoms with Gasteiger partial charge in [-0.05, 0) is 37.6 Å². The Bertz CT molecular complexity index is 844. The van der Waals surface area contributed by atoms with Crippen LogP contribution in [0.5, 0.6) is 0 Å². The topological polar surface area (TPSA) is 49.9 Å². The molecule has 0 radical (unpaired) electrons. The van der Waals surface area contributed by atoms with Crippen LogP contribution in [0, 0.1) is 0 Å². The highest BCUT2D eigenvalue weighted by Gasteiger charge is 2.13. The third-order valence-electron chi connectivity index (χ3n) is 3.61. The van der Waals surface area contributed by atoms with Crippen LogP contribution < -0.4 is 0 Å². The number of hydrogen-bond acceptors (Lipinski definition) is 2. The Balaban J connectivity index is 2.27. The molecule has 0 fully saturated rings. The number of benzene rings is 2. The minimum absolute atomic E-state index is 0.0401. The van der Waals surface area contributed by atoms with Crippen LogP contribution in [0.25, 0.3) is 22.2 Å². The molecule has 3 rings (SSSR count). The van der Waals surface area contributed by atoms with Gasteiger partial charge in [0.15, 0.2) is 11.6 Å². The van der Waals surface area contributed by atoms with E-state index in [1.165, 1.54) is 13.8 Å². The number of aromatic nitrogens is 1. The van der Waals surface area contributed by atoms with Crippen molar-refractivity contribution < 1.29 is 9.59 Å². The molecular formula is C18H15NO2. The van der Waals surface area contributed by atoms with Gasteiger partial charge in [-0.1, -0.05) is 30.3 Å². The number of ketones is 2. The summed E-state index contributed by atoms with van der Waals surface area (Å²) in [6, 6.07) is 15.3. The summed E-state index contributed by atoms with van der Waals surface area (Å²) >= 11 is 0. The first-order chi connectivity index (χ1) is 10.1. The summed E-state index contributed by atoms with van der Waals surface area (Å²) in [6.45, 7) is 3.03. The Morgan fingerprint density at radius 2 is 1.62 bits per heavy atom. The minimum atomic E-state index is -0.0461. The van der Waals surface area contributed by atoms with E-state index in [0.29, 0.717) is 11.1 Å². The summed E-state index contributed by atoms with van der Waals surface area (Å²) in [5.41, 5.74) is 3.93. The van der Waals surface area contributed by atoms with Gasteiger partial charge < -0.3 is 4.98 Å². The first kappa shape index (κ1) is 13.3. The Hall–Kier alpha value is -2.68. The minimum Gasteiger partial charge on any atom is -0.354 e. The lowest BCUT2D eigenvalue weighted by Gasteiger charge is -2.02. The number of aromatic amines is 1. The van der Waals surface area contributed by atoms with Crippen molar-refractivity contribution in [1.29, 1.82) is 0 Å².